The van der Waals surface area contributed by atoms with Crippen LogP contribution < -0.4 is 0 Å². The van der Waals surface area contributed by atoms with Crippen molar-refractivity contribution >= 4 is 5.91 Å². The summed E-state index contributed by atoms with van der Waals surface area (Å²) in [5.41, 5.74) is 4.65. The summed E-state index contributed by atoms with van der Waals surface area (Å²) in [5, 5.41) is 18.9. The van der Waals surface area contributed by atoms with Crippen molar-refractivity contribution < 1.29 is 4.79 Å². The molecule has 0 unspecified atom stereocenters. The van der Waals surface area contributed by atoms with E-state index in [0.29, 0.717) is 19.5 Å². The van der Waals surface area contributed by atoms with Crippen LogP contribution in [0.5, 0.6) is 0 Å². The zero-order valence-corrected chi connectivity index (χ0v) is 16.3. The molecule has 1 aromatic carbocycles. The molecule has 0 radical (unpaired) electrons. The minimum absolute atomic E-state index is 0.149. The van der Waals surface area contributed by atoms with E-state index in [-0.39, 0.29) is 11.8 Å². The molecule has 1 atom stereocenters. The number of hydrogen-bond donors (Lipinski definition) is 1. The van der Waals surface area contributed by atoms with Crippen molar-refractivity contribution in [1.82, 2.24) is 35.3 Å². The van der Waals surface area contributed by atoms with E-state index in [1.54, 1.807) is 4.68 Å². The largest absolute Gasteiger partial charge is 0.342 e. The van der Waals surface area contributed by atoms with Crippen LogP contribution in [0.15, 0.2) is 30.5 Å². The van der Waals surface area contributed by atoms with Gasteiger partial charge in [0.25, 0.3) is 0 Å². The average molecular weight is 379 g/mol. The van der Waals surface area contributed by atoms with Crippen molar-refractivity contribution in [2.75, 3.05) is 13.1 Å². The molecule has 3 heterocycles. The Kier molecular flexibility index (Phi) is 5.18. The Morgan fingerprint density at radius 1 is 1.25 bits per heavy atom. The molecular weight excluding hydrogens is 354 g/mol. The number of tetrazole rings is 1. The Morgan fingerprint density at radius 3 is 2.82 bits per heavy atom. The number of carbonyl (C=O) groups excluding carboxylic acids is 1. The molecule has 0 bridgehead atoms. The fourth-order valence-corrected chi connectivity index (χ4v) is 3.83. The van der Waals surface area contributed by atoms with E-state index in [1.165, 1.54) is 5.56 Å². The van der Waals surface area contributed by atoms with Crippen LogP contribution in [0, 0.1) is 13.8 Å². The fourth-order valence-electron chi connectivity index (χ4n) is 3.83. The number of piperidine rings is 1. The predicted octanol–water partition coefficient (Wildman–Crippen LogP) is 2.48. The lowest BCUT2D eigenvalue weighted by Crippen LogP contribution is -2.39. The van der Waals surface area contributed by atoms with Crippen LogP contribution in [-0.4, -0.2) is 54.3 Å². The third-order valence-electron chi connectivity index (χ3n) is 5.46. The van der Waals surface area contributed by atoms with Crippen LogP contribution >= 0.6 is 0 Å². The third-order valence-corrected chi connectivity index (χ3v) is 5.46. The lowest BCUT2D eigenvalue weighted by molar-refractivity contribution is -0.132. The minimum atomic E-state index is 0.149. The van der Waals surface area contributed by atoms with Gasteiger partial charge in [0.05, 0.1) is 12.7 Å². The highest BCUT2D eigenvalue weighted by molar-refractivity contribution is 5.76. The summed E-state index contributed by atoms with van der Waals surface area (Å²) in [6, 6.07) is 8.49. The van der Waals surface area contributed by atoms with Crippen LogP contribution in [0.25, 0.3) is 11.1 Å². The molecule has 1 aliphatic heterocycles. The lowest BCUT2D eigenvalue weighted by atomic mass is 9.90. The van der Waals surface area contributed by atoms with E-state index >= 15 is 0 Å². The van der Waals surface area contributed by atoms with Crippen molar-refractivity contribution in [2.24, 2.45) is 0 Å². The Labute approximate surface area is 163 Å². The van der Waals surface area contributed by atoms with Crippen molar-refractivity contribution in [3.8, 4) is 11.1 Å². The normalized spacial score (nSPS) is 17.1. The molecular formula is C20H25N7O. The lowest BCUT2D eigenvalue weighted by Gasteiger charge is -2.33. The number of aromatic nitrogens is 6. The molecule has 8 heteroatoms. The van der Waals surface area contributed by atoms with Gasteiger partial charge in [0.1, 0.15) is 5.82 Å². The highest BCUT2D eigenvalue weighted by Crippen LogP contribution is 2.33. The summed E-state index contributed by atoms with van der Waals surface area (Å²) in [5.74, 6) is 1.15. The molecule has 4 rings (SSSR count). The smallest absolute Gasteiger partial charge is 0.224 e. The number of hydrogen-bond acceptors (Lipinski definition) is 5. The highest BCUT2D eigenvalue weighted by atomic mass is 16.2. The van der Waals surface area contributed by atoms with E-state index in [0.717, 1.165) is 42.0 Å². The molecule has 1 aliphatic rings. The maximum Gasteiger partial charge on any atom is 0.224 e. The van der Waals surface area contributed by atoms with E-state index < -0.39 is 0 Å². The zero-order chi connectivity index (χ0) is 19.5. The van der Waals surface area contributed by atoms with Crippen LogP contribution in [0.1, 0.15) is 42.3 Å². The number of nitrogens with zero attached hydrogens (tertiary/aromatic N) is 6. The predicted molar refractivity (Wildman–Crippen MR) is 104 cm³/mol. The third kappa shape index (κ3) is 3.81. The summed E-state index contributed by atoms with van der Waals surface area (Å²) in [6.45, 7) is 5.96. The van der Waals surface area contributed by atoms with Gasteiger partial charge in [0, 0.05) is 36.7 Å². The van der Waals surface area contributed by atoms with Crippen molar-refractivity contribution in [3.05, 3.63) is 47.5 Å². The first kappa shape index (κ1) is 18.3. The summed E-state index contributed by atoms with van der Waals surface area (Å²) in [4.78, 5) is 14.7. The second kappa shape index (κ2) is 7.92. The number of carbonyl (C=O) groups is 1. The van der Waals surface area contributed by atoms with Gasteiger partial charge in [-0.1, -0.05) is 29.8 Å². The molecule has 28 heavy (non-hydrogen) atoms. The summed E-state index contributed by atoms with van der Waals surface area (Å²) >= 11 is 0. The molecule has 0 saturated carbocycles. The zero-order valence-electron chi connectivity index (χ0n) is 16.3. The molecule has 146 valence electrons. The monoisotopic (exact) mass is 379 g/mol. The van der Waals surface area contributed by atoms with Crippen molar-refractivity contribution in [1.29, 1.82) is 0 Å². The van der Waals surface area contributed by atoms with E-state index in [4.69, 9.17) is 0 Å². The summed E-state index contributed by atoms with van der Waals surface area (Å²) in [7, 11) is 0. The Morgan fingerprint density at radius 2 is 2.07 bits per heavy atom. The molecule has 3 aromatic rings. The van der Waals surface area contributed by atoms with Gasteiger partial charge >= 0.3 is 0 Å². The number of aryl methyl sites for hydroxylation is 3. The minimum Gasteiger partial charge on any atom is -0.342 e. The average Bonchev–Trinajstić information content (AvgIpc) is 3.36. The van der Waals surface area contributed by atoms with E-state index in [2.05, 4.69) is 56.9 Å². The first-order valence-electron chi connectivity index (χ1n) is 9.72. The number of aromatic amines is 1. The fraction of sp³-hybridized carbons (Fsp3) is 0.450. The van der Waals surface area contributed by atoms with Gasteiger partial charge in [0.2, 0.25) is 5.91 Å². The number of H-pyrrole nitrogens is 1. The van der Waals surface area contributed by atoms with Gasteiger partial charge in [-0.25, -0.2) is 4.68 Å². The molecule has 8 nitrogen and oxygen atoms in total. The van der Waals surface area contributed by atoms with E-state index in [1.807, 2.05) is 18.0 Å². The first-order chi connectivity index (χ1) is 13.6. The molecule has 1 saturated heterocycles. The van der Waals surface area contributed by atoms with Crippen molar-refractivity contribution in [3.63, 3.8) is 0 Å². The summed E-state index contributed by atoms with van der Waals surface area (Å²) in [6.07, 6.45) is 4.34. The van der Waals surface area contributed by atoms with E-state index in [9.17, 15) is 4.79 Å². The van der Waals surface area contributed by atoms with Crippen LogP contribution in [0.4, 0.5) is 0 Å². The molecule has 1 N–H and O–H groups in total. The molecule has 0 aliphatic carbocycles. The van der Waals surface area contributed by atoms with Gasteiger partial charge < -0.3 is 4.90 Å². The number of amides is 1. The molecule has 2 aromatic heterocycles. The first-order valence-corrected chi connectivity index (χ1v) is 9.72. The number of nitrogens with one attached hydrogen (secondary N) is 1. The summed E-state index contributed by atoms with van der Waals surface area (Å²) < 4.78 is 1.67. The van der Waals surface area contributed by atoms with Gasteiger partial charge in [-0.2, -0.15) is 5.10 Å². The standard InChI is InChI=1S/C20H25N7O/c1-14-5-7-16(8-6-14)18-12-21-23-20(18)17-4-3-10-26(13-17)19(28)9-11-27-15(2)22-24-25-27/h5-8,12,17H,3-4,9-11,13H2,1-2H3,(H,21,23)/t17-/m1/s1. The number of benzene rings is 1. The second-order valence-corrected chi connectivity index (χ2v) is 7.44. The maximum atomic E-state index is 12.7. The quantitative estimate of drug-likeness (QED) is 0.735. The van der Waals surface area contributed by atoms with Crippen LogP contribution in [0.2, 0.25) is 0 Å². The van der Waals surface area contributed by atoms with Gasteiger partial charge in [-0.05, 0) is 42.7 Å². The van der Waals surface area contributed by atoms with Gasteiger partial charge in [-0.15, -0.1) is 5.10 Å². The van der Waals surface area contributed by atoms with Crippen LogP contribution in [-0.2, 0) is 11.3 Å². The van der Waals surface area contributed by atoms with Crippen molar-refractivity contribution in [2.45, 2.75) is 45.6 Å². The number of likely N-dealkylation sites (tertiary alicyclic amines) is 1. The Hall–Kier alpha value is -3.03. The SMILES string of the molecule is Cc1ccc(-c2cn[nH]c2[C@@H]2CCCN(C(=O)CCn3nnnc3C)C2)cc1. The molecule has 0 spiro atoms. The maximum absolute atomic E-state index is 12.7. The second-order valence-electron chi connectivity index (χ2n) is 7.44. The molecule has 1 amide bonds. The topological polar surface area (TPSA) is 92.6 Å². The number of rotatable bonds is 5. The van der Waals surface area contributed by atoms with Gasteiger partial charge in [0.15, 0.2) is 0 Å². The van der Waals surface area contributed by atoms with Crippen LogP contribution in [0.3, 0.4) is 0 Å². The molecule has 1 fully saturated rings. The highest BCUT2D eigenvalue weighted by Gasteiger charge is 2.27. The Bertz CT molecular complexity index is 944. The van der Waals surface area contributed by atoms with Gasteiger partial charge in [-0.3, -0.25) is 9.89 Å². The Balaban J connectivity index is 1.44.